The van der Waals surface area contributed by atoms with E-state index in [-0.39, 0.29) is 11.3 Å². The number of hydrogen-bond donors (Lipinski definition) is 2. The van der Waals surface area contributed by atoms with E-state index in [1.807, 2.05) is 24.4 Å². The summed E-state index contributed by atoms with van der Waals surface area (Å²) in [5.74, 6) is 0.444. The van der Waals surface area contributed by atoms with Crippen LogP contribution in [0.3, 0.4) is 0 Å². The van der Waals surface area contributed by atoms with Crippen LogP contribution in [0.25, 0.3) is 5.65 Å². The number of amides is 1. The molecule has 21 heavy (non-hydrogen) atoms. The first-order chi connectivity index (χ1) is 10.2. The Hall–Kier alpha value is -1.95. The first-order valence-electron chi connectivity index (χ1n) is 7.52. The fourth-order valence-corrected chi connectivity index (χ4v) is 3.19. The monoisotopic (exact) mass is 287 g/mol. The van der Waals surface area contributed by atoms with Gasteiger partial charge in [0.15, 0.2) is 5.65 Å². The molecule has 0 saturated heterocycles. The largest absolute Gasteiger partial charge is 0.330 e. The van der Waals surface area contributed by atoms with Crippen molar-refractivity contribution in [2.45, 2.75) is 38.5 Å². The van der Waals surface area contributed by atoms with Crippen LogP contribution in [-0.2, 0) is 4.79 Å². The SMILES string of the molecule is NCC1(CC(=O)Nc2nnc3ccccn23)CCCCC1. The van der Waals surface area contributed by atoms with E-state index in [0.717, 1.165) is 18.5 Å². The molecule has 3 N–H and O–H groups in total. The van der Waals surface area contributed by atoms with Crippen molar-refractivity contribution in [2.75, 3.05) is 11.9 Å². The summed E-state index contributed by atoms with van der Waals surface area (Å²) in [5.41, 5.74) is 6.62. The summed E-state index contributed by atoms with van der Waals surface area (Å²) in [6.45, 7) is 0.570. The average molecular weight is 287 g/mol. The van der Waals surface area contributed by atoms with Gasteiger partial charge in [0.1, 0.15) is 0 Å². The third kappa shape index (κ3) is 2.90. The quantitative estimate of drug-likeness (QED) is 0.900. The van der Waals surface area contributed by atoms with Gasteiger partial charge in [-0.25, -0.2) is 0 Å². The van der Waals surface area contributed by atoms with Gasteiger partial charge in [-0.05, 0) is 36.9 Å². The highest BCUT2D eigenvalue weighted by molar-refractivity contribution is 5.89. The molecule has 1 amide bonds. The molecule has 2 heterocycles. The van der Waals surface area contributed by atoms with Crippen molar-refractivity contribution in [3.05, 3.63) is 24.4 Å². The minimum absolute atomic E-state index is 0.0273. The second-order valence-corrected chi connectivity index (χ2v) is 5.94. The van der Waals surface area contributed by atoms with Crippen molar-refractivity contribution >= 4 is 17.5 Å². The lowest BCUT2D eigenvalue weighted by atomic mass is 9.72. The molecule has 0 spiro atoms. The maximum atomic E-state index is 12.3. The fraction of sp³-hybridized carbons (Fsp3) is 0.533. The molecule has 1 aliphatic rings. The number of fused-ring (bicyclic) bond motifs is 1. The van der Waals surface area contributed by atoms with Crippen LogP contribution in [0.2, 0.25) is 0 Å². The molecule has 1 fully saturated rings. The Bertz CT molecular complexity index is 630. The number of carbonyl (C=O) groups is 1. The van der Waals surface area contributed by atoms with E-state index in [0.29, 0.717) is 18.9 Å². The molecule has 112 valence electrons. The number of nitrogens with two attached hydrogens (primary N) is 1. The Morgan fingerprint density at radius 2 is 2.10 bits per heavy atom. The maximum absolute atomic E-state index is 12.3. The van der Waals surface area contributed by atoms with Gasteiger partial charge in [-0.15, -0.1) is 10.2 Å². The molecule has 0 atom stereocenters. The van der Waals surface area contributed by atoms with E-state index in [1.54, 1.807) is 4.40 Å². The second-order valence-electron chi connectivity index (χ2n) is 5.94. The molecule has 3 rings (SSSR count). The van der Waals surface area contributed by atoms with Crippen LogP contribution in [0.4, 0.5) is 5.95 Å². The highest BCUT2D eigenvalue weighted by Crippen LogP contribution is 2.38. The molecule has 0 bridgehead atoms. The molecule has 6 nitrogen and oxygen atoms in total. The van der Waals surface area contributed by atoms with Gasteiger partial charge in [0.25, 0.3) is 0 Å². The fourth-order valence-electron chi connectivity index (χ4n) is 3.19. The predicted molar refractivity (Wildman–Crippen MR) is 80.8 cm³/mol. The summed E-state index contributed by atoms with van der Waals surface area (Å²) in [5, 5.41) is 10.9. The topological polar surface area (TPSA) is 85.3 Å². The lowest BCUT2D eigenvalue weighted by molar-refractivity contribution is -0.118. The van der Waals surface area contributed by atoms with E-state index in [4.69, 9.17) is 5.73 Å². The number of carbonyl (C=O) groups excluding carboxylic acids is 1. The molecule has 2 aromatic rings. The summed E-state index contributed by atoms with van der Waals surface area (Å²) in [6.07, 6.45) is 7.96. The lowest BCUT2D eigenvalue weighted by Gasteiger charge is -2.35. The van der Waals surface area contributed by atoms with Crippen molar-refractivity contribution in [3.8, 4) is 0 Å². The molecule has 6 heteroatoms. The molecule has 0 unspecified atom stereocenters. The van der Waals surface area contributed by atoms with Crippen molar-refractivity contribution in [3.63, 3.8) is 0 Å². The first-order valence-corrected chi connectivity index (χ1v) is 7.52. The predicted octanol–water partition coefficient (Wildman–Crippen LogP) is 1.97. The molecule has 2 aromatic heterocycles. The Morgan fingerprint density at radius 3 is 2.86 bits per heavy atom. The summed E-state index contributed by atoms with van der Waals surface area (Å²) < 4.78 is 1.77. The minimum Gasteiger partial charge on any atom is -0.330 e. The maximum Gasteiger partial charge on any atom is 0.235 e. The number of rotatable bonds is 4. The van der Waals surface area contributed by atoms with Crippen LogP contribution in [0.5, 0.6) is 0 Å². The molecular formula is C15H21N5O. The summed E-state index contributed by atoms with van der Waals surface area (Å²) in [7, 11) is 0. The van der Waals surface area contributed by atoms with E-state index >= 15 is 0 Å². The highest BCUT2D eigenvalue weighted by atomic mass is 16.1. The molecular weight excluding hydrogens is 266 g/mol. The molecule has 1 saturated carbocycles. The number of anilines is 1. The summed E-state index contributed by atoms with van der Waals surface area (Å²) >= 11 is 0. The standard InChI is InChI=1S/C15H21N5O/c16-11-15(7-3-1-4-8-15)10-13(21)17-14-19-18-12-6-2-5-9-20(12)14/h2,5-6,9H,1,3-4,7-8,10-11,16H2,(H,17,19,21). The van der Waals surface area contributed by atoms with Crippen LogP contribution in [-0.4, -0.2) is 27.0 Å². The third-order valence-corrected chi connectivity index (χ3v) is 4.45. The number of nitrogens with one attached hydrogen (secondary N) is 1. The summed E-state index contributed by atoms with van der Waals surface area (Å²) in [4.78, 5) is 12.3. The van der Waals surface area contributed by atoms with E-state index in [9.17, 15) is 4.79 Å². The van der Waals surface area contributed by atoms with Crippen LogP contribution < -0.4 is 11.1 Å². The molecule has 0 aromatic carbocycles. The van der Waals surface area contributed by atoms with Gasteiger partial charge in [0.05, 0.1) is 0 Å². The van der Waals surface area contributed by atoms with Crippen molar-refractivity contribution in [1.29, 1.82) is 0 Å². The van der Waals surface area contributed by atoms with Gasteiger partial charge in [0.2, 0.25) is 11.9 Å². The van der Waals surface area contributed by atoms with Crippen molar-refractivity contribution < 1.29 is 4.79 Å². The number of aromatic nitrogens is 3. The zero-order valence-electron chi connectivity index (χ0n) is 12.1. The van der Waals surface area contributed by atoms with Crippen LogP contribution in [0.15, 0.2) is 24.4 Å². The van der Waals surface area contributed by atoms with Gasteiger partial charge < -0.3 is 5.73 Å². The van der Waals surface area contributed by atoms with Gasteiger partial charge in [-0.2, -0.15) is 0 Å². The van der Waals surface area contributed by atoms with Gasteiger partial charge in [-0.1, -0.05) is 25.3 Å². The van der Waals surface area contributed by atoms with Crippen LogP contribution in [0.1, 0.15) is 38.5 Å². The van der Waals surface area contributed by atoms with E-state index in [2.05, 4.69) is 15.5 Å². The van der Waals surface area contributed by atoms with Gasteiger partial charge in [0, 0.05) is 12.6 Å². The molecule has 0 radical (unpaired) electrons. The van der Waals surface area contributed by atoms with Crippen LogP contribution in [0, 0.1) is 5.41 Å². The smallest absolute Gasteiger partial charge is 0.235 e. The normalized spacial score (nSPS) is 17.8. The average Bonchev–Trinajstić information content (AvgIpc) is 2.91. The van der Waals surface area contributed by atoms with Crippen molar-refractivity contribution in [2.24, 2.45) is 11.1 Å². The number of nitrogens with zero attached hydrogens (tertiary/aromatic N) is 3. The number of pyridine rings is 1. The first kappa shape index (κ1) is 14.0. The summed E-state index contributed by atoms with van der Waals surface area (Å²) in [6, 6.07) is 5.63. The Morgan fingerprint density at radius 1 is 1.29 bits per heavy atom. The second kappa shape index (κ2) is 5.81. The van der Waals surface area contributed by atoms with Gasteiger partial charge >= 0.3 is 0 Å². The zero-order valence-corrected chi connectivity index (χ0v) is 12.1. The van der Waals surface area contributed by atoms with Crippen molar-refractivity contribution in [1.82, 2.24) is 14.6 Å². The Kier molecular flexibility index (Phi) is 3.88. The molecule has 1 aliphatic carbocycles. The Labute approximate surface area is 123 Å². The third-order valence-electron chi connectivity index (χ3n) is 4.45. The lowest BCUT2D eigenvalue weighted by Crippen LogP contribution is -2.36. The number of hydrogen-bond acceptors (Lipinski definition) is 4. The highest BCUT2D eigenvalue weighted by Gasteiger charge is 2.33. The van der Waals surface area contributed by atoms with E-state index < -0.39 is 0 Å². The Balaban J connectivity index is 1.71. The zero-order chi connectivity index (χ0) is 14.7. The van der Waals surface area contributed by atoms with Gasteiger partial charge in [-0.3, -0.25) is 14.5 Å². The van der Waals surface area contributed by atoms with Crippen LogP contribution >= 0.6 is 0 Å². The molecule has 0 aliphatic heterocycles. The minimum atomic E-state index is -0.0389. The van der Waals surface area contributed by atoms with E-state index in [1.165, 1.54) is 19.3 Å².